The summed E-state index contributed by atoms with van der Waals surface area (Å²) in [5.41, 5.74) is 2.07. The van der Waals surface area contributed by atoms with Crippen LogP contribution in [0.4, 0.5) is 0 Å². The molecule has 1 saturated carbocycles. The summed E-state index contributed by atoms with van der Waals surface area (Å²) in [5.74, 6) is 1.21. The minimum atomic E-state index is -0.113. The first kappa shape index (κ1) is 14.9. The molecule has 1 unspecified atom stereocenters. The Labute approximate surface area is 120 Å². The Morgan fingerprint density at radius 3 is 2.60 bits per heavy atom. The highest BCUT2D eigenvalue weighted by Gasteiger charge is 2.31. The largest absolute Gasteiger partial charge is 0.483 e. The van der Waals surface area contributed by atoms with Gasteiger partial charge in [-0.1, -0.05) is 18.2 Å². The highest BCUT2D eigenvalue weighted by atomic mass is 16.5. The molecule has 20 heavy (non-hydrogen) atoms. The maximum absolute atomic E-state index is 11.9. The molecule has 2 N–H and O–H groups in total. The van der Waals surface area contributed by atoms with E-state index in [2.05, 4.69) is 5.32 Å². The Morgan fingerprint density at radius 2 is 2.05 bits per heavy atom. The van der Waals surface area contributed by atoms with Crippen molar-refractivity contribution in [3.8, 4) is 5.75 Å². The highest BCUT2D eigenvalue weighted by molar-refractivity contribution is 5.78. The van der Waals surface area contributed by atoms with Crippen molar-refractivity contribution in [1.29, 1.82) is 0 Å². The van der Waals surface area contributed by atoms with Crippen molar-refractivity contribution < 1.29 is 14.6 Å². The Kier molecular flexibility index (Phi) is 5.01. The van der Waals surface area contributed by atoms with E-state index in [9.17, 15) is 4.79 Å². The molecule has 0 aromatic heterocycles. The number of amides is 1. The molecule has 0 saturated heterocycles. The van der Waals surface area contributed by atoms with Crippen LogP contribution < -0.4 is 10.1 Å². The number of aryl methyl sites for hydroxylation is 2. The van der Waals surface area contributed by atoms with Crippen molar-refractivity contribution in [2.24, 2.45) is 5.92 Å². The highest BCUT2D eigenvalue weighted by Crippen LogP contribution is 2.33. The molecule has 1 atom stereocenters. The molecule has 0 bridgehead atoms. The number of carbonyl (C=O) groups excluding carboxylic acids is 1. The maximum atomic E-state index is 11.9. The van der Waals surface area contributed by atoms with Crippen LogP contribution in [0.15, 0.2) is 18.2 Å². The molecule has 0 aliphatic heterocycles. The van der Waals surface area contributed by atoms with Crippen molar-refractivity contribution in [2.45, 2.75) is 39.2 Å². The van der Waals surface area contributed by atoms with Crippen molar-refractivity contribution >= 4 is 5.91 Å². The predicted molar refractivity (Wildman–Crippen MR) is 77.8 cm³/mol. The fraction of sp³-hybridized carbons (Fsp3) is 0.562. The van der Waals surface area contributed by atoms with E-state index in [-0.39, 0.29) is 25.2 Å². The SMILES string of the molecule is Cc1cccc(C)c1OCC(=O)NC(CCO)C1CC1. The first-order valence-corrected chi connectivity index (χ1v) is 7.21. The lowest BCUT2D eigenvalue weighted by atomic mass is 10.1. The van der Waals surface area contributed by atoms with Crippen LogP contribution in [0.5, 0.6) is 5.75 Å². The van der Waals surface area contributed by atoms with Gasteiger partial charge in [-0.3, -0.25) is 4.79 Å². The lowest BCUT2D eigenvalue weighted by Gasteiger charge is -2.18. The van der Waals surface area contributed by atoms with Gasteiger partial charge in [0.25, 0.3) is 5.91 Å². The molecule has 0 heterocycles. The summed E-state index contributed by atoms with van der Waals surface area (Å²) in [6, 6.07) is 6.01. The second-order valence-corrected chi connectivity index (χ2v) is 5.53. The second kappa shape index (κ2) is 6.75. The number of hydrogen-bond acceptors (Lipinski definition) is 3. The van der Waals surface area contributed by atoms with E-state index in [1.165, 1.54) is 0 Å². The molecule has 1 aromatic carbocycles. The van der Waals surface area contributed by atoms with E-state index < -0.39 is 0 Å². The molecule has 0 radical (unpaired) electrons. The van der Waals surface area contributed by atoms with Gasteiger partial charge in [-0.25, -0.2) is 0 Å². The third-order valence-electron chi connectivity index (χ3n) is 3.73. The quantitative estimate of drug-likeness (QED) is 0.801. The topological polar surface area (TPSA) is 58.6 Å². The van der Waals surface area contributed by atoms with E-state index in [1.54, 1.807) is 0 Å². The Balaban J connectivity index is 1.85. The lowest BCUT2D eigenvalue weighted by molar-refractivity contribution is -0.124. The molecule has 1 aliphatic carbocycles. The monoisotopic (exact) mass is 277 g/mol. The summed E-state index contributed by atoms with van der Waals surface area (Å²) in [5, 5.41) is 12.0. The number of aliphatic hydroxyl groups excluding tert-OH is 1. The number of para-hydroxylation sites is 1. The Morgan fingerprint density at radius 1 is 1.40 bits per heavy atom. The van der Waals surface area contributed by atoms with Gasteiger partial charge in [-0.05, 0) is 50.2 Å². The third-order valence-corrected chi connectivity index (χ3v) is 3.73. The van der Waals surface area contributed by atoms with Crippen molar-refractivity contribution in [2.75, 3.05) is 13.2 Å². The zero-order chi connectivity index (χ0) is 14.5. The summed E-state index contributed by atoms with van der Waals surface area (Å²) < 4.78 is 5.63. The summed E-state index contributed by atoms with van der Waals surface area (Å²) in [6.45, 7) is 4.08. The normalized spacial score (nSPS) is 15.8. The van der Waals surface area contributed by atoms with Crippen LogP contribution in [-0.2, 0) is 4.79 Å². The van der Waals surface area contributed by atoms with Crippen LogP contribution in [0.1, 0.15) is 30.4 Å². The summed E-state index contributed by atoms with van der Waals surface area (Å²) >= 11 is 0. The van der Waals surface area contributed by atoms with Gasteiger partial charge in [0.2, 0.25) is 0 Å². The standard InChI is InChI=1S/C16H23NO3/c1-11-4-3-5-12(2)16(11)20-10-15(19)17-14(8-9-18)13-6-7-13/h3-5,13-14,18H,6-10H2,1-2H3,(H,17,19). The fourth-order valence-electron chi connectivity index (χ4n) is 2.48. The van der Waals surface area contributed by atoms with Gasteiger partial charge >= 0.3 is 0 Å². The molecule has 1 amide bonds. The van der Waals surface area contributed by atoms with E-state index >= 15 is 0 Å². The first-order chi connectivity index (χ1) is 9.61. The number of ether oxygens (including phenoxy) is 1. The van der Waals surface area contributed by atoms with Gasteiger partial charge in [0.1, 0.15) is 5.75 Å². The van der Waals surface area contributed by atoms with E-state index in [0.29, 0.717) is 12.3 Å². The average molecular weight is 277 g/mol. The van der Waals surface area contributed by atoms with Crippen LogP contribution in [0, 0.1) is 19.8 Å². The zero-order valence-corrected chi connectivity index (χ0v) is 12.2. The van der Waals surface area contributed by atoms with Gasteiger partial charge in [0.05, 0.1) is 0 Å². The summed E-state index contributed by atoms with van der Waals surface area (Å²) in [7, 11) is 0. The number of hydrogen-bond donors (Lipinski definition) is 2. The molecule has 2 rings (SSSR count). The molecule has 0 spiro atoms. The van der Waals surface area contributed by atoms with E-state index in [4.69, 9.17) is 9.84 Å². The molecule has 110 valence electrons. The number of nitrogens with one attached hydrogen (secondary N) is 1. The molecule has 1 aliphatic rings. The Hall–Kier alpha value is -1.55. The van der Waals surface area contributed by atoms with Gasteiger partial charge in [0.15, 0.2) is 6.61 Å². The predicted octanol–water partition coefficient (Wildman–Crippen LogP) is 1.96. The molecular weight excluding hydrogens is 254 g/mol. The summed E-state index contributed by atoms with van der Waals surface area (Å²) in [4.78, 5) is 11.9. The third kappa shape index (κ3) is 3.97. The average Bonchev–Trinajstić information content (AvgIpc) is 3.22. The minimum absolute atomic E-state index is 0.0281. The van der Waals surface area contributed by atoms with E-state index in [1.807, 2.05) is 32.0 Å². The van der Waals surface area contributed by atoms with E-state index in [0.717, 1.165) is 29.7 Å². The van der Waals surface area contributed by atoms with Gasteiger partial charge in [0, 0.05) is 12.6 Å². The fourth-order valence-corrected chi connectivity index (χ4v) is 2.48. The molecule has 1 fully saturated rings. The first-order valence-electron chi connectivity index (χ1n) is 7.21. The number of benzene rings is 1. The Bertz CT molecular complexity index is 449. The van der Waals surface area contributed by atoms with Crippen LogP contribution in [0.3, 0.4) is 0 Å². The second-order valence-electron chi connectivity index (χ2n) is 5.53. The van der Waals surface area contributed by atoms with Crippen molar-refractivity contribution in [3.05, 3.63) is 29.3 Å². The van der Waals surface area contributed by atoms with Crippen molar-refractivity contribution in [1.82, 2.24) is 5.32 Å². The van der Waals surface area contributed by atoms with Crippen LogP contribution in [0.2, 0.25) is 0 Å². The minimum Gasteiger partial charge on any atom is -0.483 e. The van der Waals surface area contributed by atoms with Crippen LogP contribution in [-0.4, -0.2) is 30.3 Å². The molecular formula is C16H23NO3. The smallest absolute Gasteiger partial charge is 0.258 e. The van der Waals surface area contributed by atoms with Crippen LogP contribution in [0.25, 0.3) is 0 Å². The van der Waals surface area contributed by atoms with Gasteiger partial charge in [-0.2, -0.15) is 0 Å². The van der Waals surface area contributed by atoms with Gasteiger partial charge in [-0.15, -0.1) is 0 Å². The maximum Gasteiger partial charge on any atom is 0.258 e. The van der Waals surface area contributed by atoms with Crippen molar-refractivity contribution in [3.63, 3.8) is 0 Å². The zero-order valence-electron chi connectivity index (χ0n) is 12.2. The molecule has 4 heteroatoms. The van der Waals surface area contributed by atoms with Crippen LogP contribution >= 0.6 is 0 Å². The molecule has 1 aromatic rings. The number of carbonyl (C=O) groups is 1. The lowest BCUT2D eigenvalue weighted by Crippen LogP contribution is -2.39. The van der Waals surface area contributed by atoms with Gasteiger partial charge < -0.3 is 15.2 Å². The summed E-state index contributed by atoms with van der Waals surface area (Å²) in [6.07, 6.45) is 2.91. The number of rotatable bonds is 7. The molecule has 4 nitrogen and oxygen atoms in total. The number of aliphatic hydroxyl groups is 1.